The highest BCUT2D eigenvalue weighted by Crippen LogP contribution is 2.23. The quantitative estimate of drug-likeness (QED) is 0.772. The van der Waals surface area contributed by atoms with Crippen molar-refractivity contribution in [1.29, 1.82) is 0 Å². The van der Waals surface area contributed by atoms with E-state index in [0.717, 1.165) is 0 Å². The Morgan fingerprint density at radius 2 is 2.14 bits per heavy atom. The van der Waals surface area contributed by atoms with E-state index in [1.165, 1.54) is 18.2 Å². The van der Waals surface area contributed by atoms with E-state index < -0.39 is 11.7 Å². The van der Waals surface area contributed by atoms with Crippen LogP contribution in [-0.2, 0) is 0 Å². The molecule has 3 aromatic rings. The summed E-state index contributed by atoms with van der Waals surface area (Å²) in [5.74, 6) is -0.754. The molecule has 0 aliphatic carbocycles. The number of aromatic nitrogens is 1. The second-order valence-corrected chi connectivity index (χ2v) is 4.87. The Balaban J connectivity index is 1.92. The third-order valence-electron chi connectivity index (χ3n) is 2.94. The highest BCUT2D eigenvalue weighted by atomic mass is 35.5. The van der Waals surface area contributed by atoms with Gasteiger partial charge in [-0.1, -0.05) is 17.7 Å². The van der Waals surface area contributed by atoms with E-state index in [2.05, 4.69) is 10.3 Å². The maximum atomic E-state index is 13.7. The summed E-state index contributed by atoms with van der Waals surface area (Å²) in [5.41, 5.74) is 1.52. The predicted molar refractivity (Wildman–Crippen MR) is 78.1 cm³/mol. The van der Waals surface area contributed by atoms with Gasteiger partial charge in [-0.25, -0.2) is 9.37 Å². The second-order valence-electron chi connectivity index (χ2n) is 4.47. The molecule has 1 heterocycles. The molecule has 0 radical (unpaired) electrons. The van der Waals surface area contributed by atoms with Crippen molar-refractivity contribution in [3.05, 3.63) is 58.7 Å². The zero-order chi connectivity index (χ0) is 15.0. The van der Waals surface area contributed by atoms with Crippen LogP contribution in [0.3, 0.4) is 0 Å². The zero-order valence-corrected chi connectivity index (χ0v) is 11.7. The third-order valence-corrected chi connectivity index (χ3v) is 3.26. The van der Waals surface area contributed by atoms with Crippen LogP contribution in [0.4, 0.5) is 10.1 Å². The predicted octanol–water partition coefficient (Wildman–Crippen LogP) is 4.18. The number of aryl methyl sites for hydroxylation is 1. The first kappa shape index (κ1) is 13.6. The molecule has 3 rings (SSSR count). The van der Waals surface area contributed by atoms with Crippen LogP contribution in [0.5, 0.6) is 0 Å². The number of amides is 1. The van der Waals surface area contributed by atoms with Gasteiger partial charge in [0.2, 0.25) is 0 Å². The Hall–Kier alpha value is -2.40. The van der Waals surface area contributed by atoms with Crippen LogP contribution in [0.25, 0.3) is 11.1 Å². The molecule has 0 atom stereocenters. The molecule has 0 saturated carbocycles. The number of rotatable bonds is 2. The van der Waals surface area contributed by atoms with Crippen LogP contribution in [-0.4, -0.2) is 10.9 Å². The Morgan fingerprint density at radius 1 is 1.33 bits per heavy atom. The van der Waals surface area contributed by atoms with E-state index >= 15 is 0 Å². The molecular formula is C15H10ClFN2O2. The van der Waals surface area contributed by atoms with E-state index in [-0.39, 0.29) is 10.6 Å². The van der Waals surface area contributed by atoms with Crippen LogP contribution in [0.2, 0.25) is 5.02 Å². The summed E-state index contributed by atoms with van der Waals surface area (Å²) >= 11 is 5.86. The molecule has 1 aromatic heterocycles. The SMILES string of the molecule is Cc1nc2ccc(NC(=O)c3c(F)cccc3Cl)cc2o1. The van der Waals surface area contributed by atoms with Crippen LogP contribution >= 0.6 is 11.6 Å². The molecule has 1 N–H and O–H groups in total. The zero-order valence-electron chi connectivity index (χ0n) is 11.0. The molecule has 0 aliphatic rings. The first-order valence-corrected chi connectivity index (χ1v) is 6.55. The van der Waals surface area contributed by atoms with Crippen LogP contribution in [0, 0.1) is 12.7 Å². The van der Waals surface area contributed by atoms with Crippen molar-refractivity contribution >= 4 is 34.3 Å². The van der Waals surface area contributed by atoms with E-state index in [1.807, 2.05) is 0 Å². The van der Waals surface area contributed by atoms with Gasteiger partial charge in [0.25, 0.3) is 5.91 Å². The fourth-order valence-corrected chi connectivity index (χ4v) is 2.27. The van der Waals surface area contributed by atoms with E-state index in [4.69, 9.17) is 16.0 Å². The molecule has 106 valence electrons. The Labute approximate surface area is 124 Å². The number of nitrogens with one attached hydrogen (secondary N) is 1. The summed E-state index contributed by atoms with van der Waals surface area (Å²) in [6.45, 7) is 1.73. The average molecular weight is 305 g/mol. The molecule has 21 heavy (non-hydrogen) atoms. The fraction of sp³-hybridized carbons (Fsp3) is 0.0667. The monoisotopic (exact) mass is 304 g/mol. The minimum absolute atomic E-state index is 0.0593. The molecule has 0 bridgehead atoms. The number of fused-ring (bicyclic) bond motifs is 1. The molecule has 2 aromatic carbocycles. The van der Waals surface area contributed by atoms with Gasteiger partial charge in [-0.05, 0) is 24.3 Å². The minimum atomic E-state index is -0.670. The van der Waals surface area contributed by atoms with E-state index in [9.17, 15) is 9.18 Å². The standard InChI is InChI=1S/C15H10ClFN2O2/c1-8-18-12-6-5-9(7-13(12)21-8)19-15(20)14-10(16)3-2-4-11(14)17/h2-7H,1H3,(H,19,20). The van der Waals surface area contributed by atoms with Crippen molar-refractivity contribution in [2.24, 2.45) is 0 Å². The molecule has 4 nitrogen and oxygen atoms in total. The topological polar surface area (TPSA) is 55.1 Å². The molecule has 0 aliphatic heterocycles. The summed E-state index contributed by atoms with van der Waals surface area (Å²) in [5, 5.41) is 2.65. The molecule has 0 spiro atoms. The van der Waals surface area contributed by atoms with Crippen molar-refractivity contribution < 1.29 is 13.6 Å². The lowest BCUT2D eigenvalue weighted by molar-refractivity contribution is 0.102. The molecular weight excluding hydrogens is 295 g/mol. The lowest BCUT2D eigenvalue weighted by Gasteiger charge is -2.07. The molecule has 0 fully saturated rings. The van der Waals surface area contributed by atoms with Gasteiger partial charge < -0.3 is 9.73 Å². The van der Waals surface area contributed by atoms with E-state index in [1.54, 1.807) is 25.1 Å². The molecule has 0 saturated heterocycles. The number of anilines is 1. The Morgan fingerprint density at radius 3 is 2.90 bits per heavy atom. The molecule has 6 heteroatoms. The Kier molecular flexibility index (Phi) is 3.35. The number of hydrogen-bond acceptors (Lipinski definition) is 3. The van der Waals surface area contributed by atoms with Crippen molar-refractivity contribution in [3.63, 3.8) is 0 Å². The normalized spacial score (nSPS) is 10.8. The van der Waals surface area contributed by atoms with E-state index in [0.29, 0.717) is 22.7 Å². The summed E-state index contributed by atoms with van der Waals surface area (Å²) in [4.78, 5) is 16.3. The number of carbonyl (C=O) groups is 1. The number of benzene rings is 2. The lowest BCUT2D eigenvalue weighted by Crippen LogP contribution is -2.14. The maximum absolute atomic E-state index is 13.7. The number of hydrogen-bond donors (Lipinski definition) is 1. The van der Waals surface area contributed by atoms with Crippen molar-refractivity contribution in [2.45, 2.75) is 6.92 Å². The Bertz CT molecular complexity index is 825. The molecule has 1 amide bonds. The summed E-state index contributed by atoms with van der Waals surface area (Å²) in [6, 6.07) is 9.09. The minimum Gasteiger partial charge on any atom is -0.441 e. The van der Waals surface area contributed by atoms with Gasteiger partial charge in [0.15, 0.2) is 11.5 Å². The summed E-state index contributed by atoms with van der Waals surface area (Å²) in [7, 11) is 0. The van der Waals surface area contributed by atoms with Gasteiger partial charge in [-0.15, -0.1) is 0 Å². The highest BCUT2D eigenvalue weighted by Gasteiger charge is 2.16. The van der Waals surface area contributed by atoms with Crippen LogP contribution in [0.1, 0.15) is 16.2 Å². The first-order valence-electron chi connectivity index (χ1n) is 6.17. The number of halogens is 2. The van der Waals surface area contributed by atoms with Crippen molar-refractivity contribution in [3.8, 4) is 0 Å². The van der Waals surface area contributed by atoms with Gasteiger partial charge in [-0.3, -0.25) is 4.79 Å². The highest BCUT2D eigenvalue weighted by molar-refractivity contribution is 6.34. The van der Waals surface area contributed by atoms with Crippen LogP contribution in [0.15, 0.2) is 40.8 Å². The third kappa shape index (κ3) is 2.60. The second kappa shape index (κ2) is 5.18. The number of carbonyl (C=O) groups excluding carboxylic acids is 1. The fourth-order valence-electron chi connectivity index (χ4n) is 2.03. The van der Waals surface area contributed by atoms with Gasteiger partial charge in [-0.2, -0.15) is 0 Å². The maximum Gasteiger partial charge on any atom is 0.260 e. The first-order chi connectivity index (χ1) is 10.0. The average Bonchev–Trinajstić information content (AvgIpc) is 2.77. The van der Waals surface area contributed by atoms with Crippen LogP contribution < -0.4 is 5.32 Å². The van der Waals surface area contributed by atoms with Gasteiger partial charge in [0.1, 0.15) is 11.3 Å². The van der Waals surface area contributed by atoms with Gasteiger partial charge >= 0.3 is 0 Å². The van der Waals surface area contributed by atoms with Crippen molar-refractivity contribution in [1.82, 2.24) is 4.98 Å². The lowest BCUT2D eigenvalue weighted by atomic mass is 10.2. The molecule has 0 unspecified atom stereocenters. The van der Waals surface area contributed by atoms with Gasteiger partial charge in [0, 0.05) is 18.7 Å². The largest absolute Gasteiger partial charge is 0.441 e. The summed E-state index contributed by atoms with van der Waals surface area (Å²) < 4.78 is 19.1. The van der Waals surface area contributed by atoms with Crippen molar-refractivity contribution in [2.75, 3.05) is 5.32 Å². The smallest absolute Gasteiger partial charge is 0.260 e. The van der Waals surface area contributed by atoms with Gasteiger partial charge in [0.05, 0.1) is 10.6 Å². The summed E-state index contributed by atoms with van der Waals surface area (Å²) in [6.07, 6.45) is 0. The number of oxazole rings is 1. The number of nitrogens with zero attached hydrogens (tertiary/aromatic N) is 1.